The first-order chi connectivity index (χ1) is 7.15. The van der Waals surface area contributed by atoms with E-state index in [1.165, 1.54) is 11.1 Å². The van der Waals surface area contributed by atoms with Crippen LogP contribution in [0.1, 0.15) is 11.1 Å². The quantitative estimate of drug-likeness (QED) is 0.858. The Bertz CT molecular complexity index is 387. The molecular weight excluding hydrogens is 229 g/mol. The summed E-state index contributed by atoms with van der Waals surface area (Å²) in [6.07, 6.45) is 2.08. The molecule has 0 aromatic heterocycles. The molecule has 0 saturated carbocycles. The number of fused-ring (bicyclic) bond motifs is 1. The topological polar surface area (TPSA) is 12.0 Å². The van der Waals surface area contributed by atoms with Crippen molar-refractivity contribution >= 4 is 23.2 Å². The van der Waals surface area contributed by atoms with Gasteiger partial charge in [-0.1, -0.05) is 35.8 Å². The first-order valence-corrected chi connectivity index (χ1v) is 5.74. The molecule has 0 amide bonds. The summed E-state index contributed by atoms with van der Waals surface area (Å²) in [5, 5.41) is 4.85. The van der Waals surface area contributed by atoms with Crippen molar-refractivity contribution in [2.45, 2.75) is 18.9 Å². The summed E-state index contributed by atoms with van der Waals surface area (Å²) >= 11 is 11.7. The standard InChI is InChI=1S/C12H13Cl2N/c1-8(13)7-15-12-5-9-2-3-11(14)4-10(9)6-12/h2-4,12,15H,1,5-7H2. The molecule has 1 N–H and O–H groups in total. The van der Waals surface area contributed by atoms with E-state index in [4.69, 9.17) is 23.2 Å². The van der Waals surface area contributed by atoms with E-state index in [0.29, 0.717) is 17.6 Å². The van der Waals surface area contributed by atoms with Crippen molar-refractivity contribution < 1.29 is 0 Å². The SMILES string of the molecule is C=C(Cl)CNC1Cc2ccc(Cl)cc2C1. The Morgan fingerprint density at radius 3 is 2.87 bits per heavy atom. The smallest absolute Gasteiger partial charge is 0.0408 e. The van der Waals surface area contributed by atoms with Crippen LogP contribution in [0.3, 0.4) is 0 Å². The van der Waals surface area contributed by atoms with Gasteiger partial charge in [-0.2, -0.15) is 0 Å². The van der Waals surface area contributed by atoms with Gasteiger partial charge in [0.2, 0.25) is 0 Å². The Labute approximate surface area is 100 Å². The second-order valence-electron chi connectivity index (χ2n) is 3.92. The van der Waals surface area contributed by atoms with Crippen molar-refractivity contribution in [3.05, 3.63) is 46.0 Å². The minimum Gasteiger partial charge on any atom is -0.308 e. The fourth-order valence-electron chi connectivity index (χ4n) is 1.99. The number of hydrogen-bond donors (Lipinski definition) is 1. The molecule has 0 radical (unpaired) electrons. The van der Waals surface area contributed by atoms with Crippen LogP contribution in [-0.4, -0.2) is 12.6 Å². The molecule has 2 rings (SSSR count). The number of nitrogens with one attached hydrogen (secondary N) is 1. The highest BCUT2D eigenvalue weighted by molar-refractivity contribution is 6.30. The van der Waals surface area contributed by atoms with Crippen LogP contribution in [-0.2, 0) is 12.8 Å². The summed E-state index contributed by atoms with van der Waals surface area (Å²) in [5.74, 6) is 0. The molecule has 1 aliphatic rings. The van der Waals surface area contributed by atoms with Crippen LogP contribution in [0.15, 0.2) is 29.8 Å². The zero-order valence-electron chi connectivity index (χ0n) is 8.39. The molecule has 1 unspecified atom stereocenters. The summed E-state index contributed by atoms with van der Waals surface area (Å²) < 4.78 is 0. The highest BCUT2D eigenvalue weighted by Crippen LogP contribution is 2.25. The fraction of sp³-hybridized carbons (Fsp3) is 0.333. The van der Waals surface area contributed by atoms with Crippen LogP contribution in [0.4, 0.5) is 0 Å². The predicted octanol–water partition coefficient (Wildman–Crippen LogP) is 3.15. The Morgan fingerprint density at radius 1 is 1.40 bits per heavy atom. The molecule has 0 bridgehead atoms. The first-order valence-electron chi connectivity index (χ1n) is 4.99. The summed E-state index contributed by atoms with van der Waals surface area (Å²) in [4.78, 5) is 0. The Balaban J connectivity index is 2.00. The third kappa shape index (κ3) is 2.75. The molecule has 3 heteroatoms. The van der Waals surface area contributed by atoms with Gasteiger partial charge in [0, 0.05) is 22.6 Å². The Hall–Kier alpha value is -0.500. The predicted molar refractivity (Wildman–Crippen MR) is 65.6 cm³/mol. The highest BCUT2D eigenvalue weighted by atomic mass is 35.5. The van der Waals surface area contributed by atoms with E-state index in [-0.39, 0.29) is 0 Å². The second-order valence-corrected chi connectivity index (χ2v) is 4.89. The van der Waals surface area contributed by atoms with Gasteiger partial charge in [0.25, 0.3) is 0 Å². The second kappa shape index (κ2) is 4.56. The molecule has 0 heterocycles. The largest absolute Gasteiger partial charge is 0.308 e. The molecule has 1 atom stereocenters. The third-order valence-electron chi connectivity index (χ3n) is 2.68. The maximum Gasteiger partial charge on any atom is 0.0408 e. The van der Waals surface area contributed by atoms with Crippen molar-refractivity contribution in [3.63, 3.8) is 0 Å². The van der Waals surface area contributed by atoms with E-state index in [2.05, 4.69) is 18.0 Å². The fourth-order valence-corrected chi connectivity index (χ4v) is 2.26. The maximum absolute atomic E-state index is 5.94. The molecule has 0 spiro atoms. The van der Waals surface area contributed by atoms with E-state index >= 15 is 0 Å². The van der Waals surface area contributed by atoms with E-state index in [9.17, 15) is 0 Å². The molecule has 0 saturated heterocycles. The monoisotopic (exact) mass is 241 g/mol. The average molecular weight is 242 g/mol. The number of hydrogen-bond acceptors (Lipinski definition) is 1. The number of benzene rings is 1. The van der Waals surface area contributed by atoms with Crippen molar-refractivity contribution in [2.75, 3.05) is 6.54 Å². The zero-order valence-corrected chi connectivity index (χ0v) is 9.91. The molecule has 1 nitrogen and oxygen atoms in total. The van der Waals surface area contributed by atoms with Crippen LogP contribution in [0.2, 0.25) is 5.02 Å². The zero-order chi connectivity index (χ0) is 10.8. The van der Waals surface area contributed by atoms with Gasteiger partial charge in [0.1, 0.15) is 0 Å². The van der Waals surface area contributed by atoms with E-state index < -0.39 is 0 Å². The molecule has 1 aromatic carbocycles. The van der Waals surface area contributed by atoms with Gasteiger partial charge >= 0.3 is 0 Å². The molecular formula is C12H13Cl2N. The summed E-state index contributed by atoms with van der Waals surface area (Å²) in [5.41, 5.74) is 2.73. The van der Waals surface area contributed by atoms with Gasteiger partial charge in [-0.05, 0) is 36.1 Å². The van der Waals surface area contributed by atoms with Crippen LogP contribution in [0.5, 0.6) is 0 Å². The van der Waals surface area contributed by atoms with Crippen LogP contribution in [0.25, 0.3) is 0 Å². The molecule has 15 heavy (non-hydrogen) atoms. The van der Waals surface area contributed by atoms with Crippen LogP contribution in [0, 0.1) is 0 Å². The summed E-state index contributed by atoms with van der Waals surface area (Å²) in [7, 11) is 0. The molecule has 1 aliphatic carbocycles. The number of halogens is 2. The Kier molecular flexibility index (Phi) is 3.35. The normalized spacial score (nSPS) is 18.9. The average Bonchev–Trinajstić information content (AvgIpc) is 2.56. The third-order valence-corrected chi connectivity index (χ3v) is 3.05. The lowest BCUT2D eigenvalue weighted by atomic mass is 10.1. The van der Waals surface area contributed by atoms with E-state index in [1.807, 2.05) is 12.1 Å². The van der Waals surface area contributed by atoms with Crippen LogP contribution >= 0.6 is 23.2 Å². The van der Waals surface area contributed by atoms with Gasteiger partial charge in [0.15, 0.2) is 0 Å². The summed E-state index contributed by atoms with van der Waals surface area (Å²) in [6.45, 7) is 4.34. The van der Waals surface area contributed by atoms with Crippen molar-refractivity contribution in [1.82, 2.24) is 5.32 Å². The van der Waals surface area contributed by atoms with Crippen molar-refractivity contribution in [3.8, 4) is 0 Å². The summed E-state index contributed by atoms with van der Waals surface area (Å²) in [6, 6.07) is 6.57. The maximum atomic E-state index is 5.94. The van der Waals surface area contributed by atoms with Gasteiger partial charge < -0.3 is 5.32 Å². The number of rotatable bonds is 3. The molecule has 80 valence electrons. The Morgan fingerprint density at radius 2 is 2.13 bits per heavy atom. The van der Waals surface area contributed by atoms with Gasteiger partial charge in [-0.15, -0.1) is 0 Å². The van der Waals surface area contributed by atoms with Crippen molar-refractivity contribution in [1.29, 1.82) is 0 Å². The van der Waals surface area contributed by atoms with Gasteiger partial charge in [-0.3, -0.25) is 0 Å². The molecule has 0 aliphatic heterocycles. The minimum atomic E-state index is 0.467. The lowest BCUT2D eigenvalue weighted by molar-refractivity contribution is 0.564. The lowest BCUT2D eigenvalue weighted by Crippen LogP contribution is -2.30. The van der Waals surface area contributed by atoms with E-state index in [1.54, 1.807) is 0 Å². The van der Waals surface area contributed by atoms with Crippen LogP contribution < -0.4 is 5.32 Å². The van der Waals surface area contributed by atoms with Gasteiger partial charge in [0.05, 0.1) is 0 Å². The first kappa shape index (κ1) is 11.0. The molecule has 1 aromatic rings. The lowest BCUT2D eigenvalue weighted by Gasteiger charge is -2.10. The van der Waals surface area contributed by atoms with Crippen molar-refractivity contribution in [2.24, 2.45) is 0 Å². The minimum absolute atomic E-state index is 0.467. The van der Waals surface area contributed by atoms with E-state index in [0.717, 1.165) is 17.9 Å². The molecule has 0 fully saturated rings. The van der Waals surface area contributed by atoms with Gasteiger partial charge in [-0.25, -0.2) is 0 Å². The highest BCUT2D eigenvalue weighted by Gasteiger charge is 2.20.